The fourth-order valence-corrected chi connectivity index (χ4v) is 8.17. The van der Waals surface area contributed by atoms with E-state index in [1.807, 2.05) is 6.92 Å². The first kappa shape index (κ1) is 19.7. The molecule has 0 saturated heterocycles. The lowest BCUT2D eigenvalue weighted by atomic mass is 9.43. The Labute approximate surface area is 165 Å². The molecule has 4 rings (SSSR count). The van der Waals surface area contributed by atoms with E-state index >= 15 is 0 Å². The van der Waals surface area contributed by atoms with Gasteiger partial charge in [-0.05, 0) is 98.7 Å². The molecule has 27 heavy (non-hydrogen) atoms. The van der Waals surface area contributed by atoms with Crippen molar-refractivity contribution in [2.45, 2.75) is 85.2 Å². The summed E-state index contributed by atoms with van der Waals surface area (Å²) in [6, 6.07) is 0. The number of esters is 1. The Morgan fingerprint density at radius 1 is 1.04 bits per heavy atom. The average molecular weight is 377 g/mol. The van der Waals surface area contributed by atoms with E-state index in [0.717, 1.165) is 42.4 Å². The van der Waals surface area contributed by atoms with Crippen molar-refractivity contribution >= 4 is 5.97 Å². The first-order valence-electron chi connectivity index (χ1n) is 11.7. The molecule has 0 aromatic rings. The summed E-state index contributed by atoms with van der Waals surface area (Å²) in [4.78, 5) is 12.9. The van der Waals surface area contributed by atoms with Gasteiger partial charge in [0.2, 0.25) is 0 Å². The Kier molecular flexibility index (Phi) is 5.37. The van der Waals surface area contributed by atoms with E-state index in [-0.39, 0.29) is 23.2 Å². The van der Waals surface area contributed by atoms with Gasteiger partial charge in [-0.2, -0.15) is 0 Å². The van der Waals surface area contributed by atoms with Gasteiger partial charge in [0.25, 0.3) is 0 Å². The van der Waals surface area contributed by atoms with Crippen LogP contribution in [0.25, 0.3) is 0 Å². The number of rotatable bonds is 2. The minimum absolute atomic E-state index is 0.0891. The number of ether oxygens (including phenoxy) is 1. The van der Waals surface area contributed by atoms with E-state index in [4.69, 9.17) is 4.74 Å². The number of aliphatic hydroxyl groups excluding tert-OH is 1. The first-order valence-corrected chi connectivity index (χ1v) is 11.7. The molecule has 10 unspecified atom stereocenters. The van der Waals surface area contributed by atoms with Crippen LogP contribution in [0.2, 0.25) is 0 Å². The molecule has 0 aliphatic heterocycles. The number of aliphatic hydroxyl groups is 1. The lowest BCUT2D eigenvalue weighted by Crippen LogP contribution is -2.59. The number of hydrogen-bond donors (Lipinski definition) is 1. The van der Waals surface area contributed by atoms with Crippen LogP contribution in [0.1, 0.15) is 79.1 Å². The number of fused-ring (bicyclic) bond motifs is 5. The molecule has 0 heterocycles. The lowest BCUT2D eigenvalue weighted by molar-refractivity contribution is -0.190. The Bertz CT molecular complexity index is 560. The summed E-state index contributed by atoms with van der Waals surface area (Å²) in [5, 5.41) is 11.0. The van der Waals surface area contributed by atoms with E-state index in [9.17, 15) is 9.90 Å². The maximum absolute atomic E-state index is 12.9. The Balaban J connectivity index is 1.61. The molecule has 4 aliphatic rings. The maximum atomic E-state index is 12.9. The molecule has 0 aromatic heterocycles. The van der Waals surface area contributed by atoms with Gasteiger partial charge in [-0.1, -0.05) is 27.2 Å². The van der Waals surface area contributed by atoms with Crippen LogP contribution >= 0.6 is 0 Å². The second-order valence-corrected chi connectivity index (χ2v) is 10.8. The molecular formula is C24H40O3. The molecule has 3 nitrogen and oxygen atoms in total. The van der Waals surface area contributed by atoms with E-state index in [1.54, 1.807) is 0 Å². The summed E-state index contributed by atoms with van der Waals surface area (Å²) < 4.78 is 5.45. The molecular weight excluding hydrogens is 336 g/mol. The minimum atomic E-state index is -0.547. The normalized spacial score (nSPS) is 52.3. The third-order valence-electron chi connectivity index (χ3n) is 9.46. The van der Waals surface area contributed by atoms with Gasteiger partial charge in [-0.3, -0.25) is 4.79 Å². The van der Waals surface area contributed by atoms with Gasteiger partial charge in [-0.15, -0.1) is 0 Å². The fourth-order valence-electron chi connectivity index (χ4n) is 8.17. The van der Waals surface area contributed by atoms with Crippen LogP contribution in [0, 0.1) is 52.8 Å². The molecule has 4 aliphatic carbocycles. The van der Waals surface area contributed by atoms with Crippen molar-refractivity contribution in [1.82, 2.24) is 0 Å². The van der Waals surface area contributed by atoms with Crippen molar-refractivity contribution in [1.29, 1.82) is 0 Å². The highest BCUT2D eigenvalue weighted by Crippen LogP contribution is 2.63. The topological polar surface area (TPSA) is 46.5 Å². The van der Waals surface area contributed by atoms with Gasteiger partial charge in [0.1, 0.15) is 0 Å². The number of carbonyl (C=O) groups excluding carboxylic acids is 1. The smallest absolute Gasteiger partial charge is 0.312 e. The van der Waals surface area contributed by atoms with Crippen LogP contribution in [-0.2, 0) is 9.53 Å². The average Bonchev–Trinajstić information content (AvgIpc) is 2.62. The molecule has 0 amide bonds. The van der Waals surface area contributed by atoms with Crippen molar-refractivity contribution in [3.8, 4) is 0 Å². The van der Waals surface area contributed by atoms with Crippen LogP contribution in [0.3, 0.4) is 0 Å². The summed E-state index contributed by atoms with van der Waals surface area (Å²) in [6.45, 7) is 9.17. The molecule has 4 fully saturated rings. The lowest BCUT2D eigenvalue weighted by Gasteiger charge is -2.61. The predicted octanol–water partition coefficient (Wildman–Crippen LogP) is 5.06. The van der Waals surface area contributed by atoms with E-state index < -0.39 is 6.10 Å². The van der Waals surface area contributed by atoms with Crippen molar-refractivity contribution in [3.05, 3.63) is 0 Å². The van der Waals surface area contributed by atoms with Crippen molar-refractivity contribution < 1.29 is 14.6 Å². The monoisotopic (exact) mass is 376 g/mol. The molecule has 0 aromatic carbocycles. The fraction of sp³-hybridized carbons (Fsp3) is 0.958. The Morgan fingerprint density at radius 3 is 2.52 bits per heavy atom. The van der Waals surface area contributed by atoms with Gasteiger partial charge in [0, 0.05) is 0 Å². The third-order valence-corrected chi connectivity index (χ3v) is 9.46. The minimum Gasteiger partial charge on any atom is -0.466 e. The zero-order valence-corrected chi connectivity index (χ0v) is 17.8. The second kappa shape index (κ2) is 7.35. The highest BCUT2D eigenvalue weighted by molar-refractivity contribution is 5.74. The van der Waals surface area contributed by atoms with Crippen molar-refractivity contribution in [2.24, 2.45) is 52.8 Å². The van der Waals surface area contributed by atoms with Gasteiger partial charge in [-0.25, -0.2) is 0 Å². The molecule has 1 N–H and O–H groups in total. The van der Waals surface area contributed by atoms with Gasteiger partial charge in [0.05, 0.1) is 18.6 Å². The zero-order chi connectivity index (χ0) is 19.3. The molecule has 10 atom stereocenters. The molecule has 0 spiro atoms. The standard InChI is InChI=1S/C24H40O3/c1-5-27-23(26)21-22(25)15(3)13-20-19-9-7-16-12-14(2)6-8-17(16)18(19)10-11-24(20,21)4/h14-22,25H,5-13H2,1-4H3. The highest BCUT2D eigenvalue weighted by atomic mass is 16.5. The first-order chi connectivity index (χ1) is 12.9. The van der Waals surface area contributed by atoms with E-state index in [0.29, 0.717) is 12.5 Å². The van der Waals surface area contributed by atoms with Crippen LogP contribution in [0.4, 0.5) is 0 Å². The highest BCUT2D eigenvalue weighted by Gasteiger charge is 2.60. The largest absolute Gasteiger partial charge is 0.466 e. The van der Waals surface area contributed by atoms with Crippen molar-refractivity contribution in [3.63, 3.8) is 0 Å². The number of hydrogen-bond acceptors (Lipinski definition) is 3. The predicted molar refractivity (Wildman–Crippen MR) is 107 cm³/mol. The Hall–Kier alpha value is -0.570. The summed E-state index contributed by atoms with van der Waals surface area (Å²) in [5.74, 6) is 4.68. The van der Waals surface area contributed by atoms with Crippen LogP contribution in [0.5, 0.6) is 0 Å². The zero-order valence-electron chi connectivity index (χ0n) is 17.8. The quantitative estimate of drug-likeness (QED) is 0.685. The third kappa shape index (κ3) is 3.16. The summed E-state index contributed by atoms with van der Waals surface area (Å²) >= 11 is 0. The van der Waals surface area contributed by atoms with Crippen molar-refractivity contribution in [2.75, 3.05) is 6.61 Å². The molecule has 0 bridgehead atoms. The molecule has 154 valence electrons. The summed E-state index contributed by atoms with van der Waals surface area (Å²) in [5.41, 5.74) is -0.0891. The summed E-state index contributed by atoms with van der Waals surface area (Å²) in [7, 11) is 0. The van der Waals surface area contributed by atoms with Crippen LogP contribution in [0.15, 0.2) is 0 Å². The Morgan fingerprint density at radius 2 is 1.78 bits per heavy atom. The van der Waals surface area contributed by atoms with Crippen LogP contribution in [-0.4, -0.2) is 23.8 Å². The second-order valence-electron chi connectivity index (χ2n) is 10.8. The van der Waals surface area contributed by atoms with Gasteiger partial charge in [0.15, 0.2) is 0 Å². The van der Waals surface area contributed by atoms with Gasteiger partial charge < -0.3 is 9.84 Å². The maximum Gasteiger partial charge on any atom is 0.312 e. The molecule has 3 heteroatoms. The van der Waals surface area contributed by atoms with E-state index in [1.165, 1.54) is 38.5 Å². The molecule has 0 radical (unpaired) electrons. The number of carbonyl (C=O) groups is 1. The van der Waals surface area contributed by atoms with E-state index in [2.05, 4.69) is 20.8 Å². The van der Waals surface area contributed by atoms with Crippen LogP contribution < -0.4 is 0 Å². The summed E-state index contributed by atoms with van der Waals surface area (Å²) in [6.07, 6.45) is 9.89. The molecule has 4 saturated carbocycles. The van der Waals surface area contributed by atoms with Gasteiger partial charge >= 0.3 is 5.97 Å². The SMILES string of the molecule is CCOC(=O)C1C(O)C(C)CC2C3CCC4CC(C)CCC4C3CCC21C.